The van der Waals surface area contributed by atoms with Crippen molar-refractivity contribution in [2.75, 3.05) is 6.54 Å². The largest absolute Gasteiger partial charge is 0.352 e. The van der Waals surface area contributed by atoms with E-state index in [4.69, 9.17) is 0 Å². The van der Waals surface area contributed by atoms with Gasteiger partial charge >= 0.3 is 0 Å². The molecule has 3 aromatic rings. The van der Waals surface area contributed by atoms with E-state index in [1.807, 2.05) is 17.6 Å². The third-order valence-electron chi connectivity index (χ3n) is 6.28. The van der Waals surface area contributed by atoms with E-state index < -0.39 is 11.6 Å². The number of fused-ring (bicyclic) bond motifs is 2. The summed E-state index contributed by atoms with van der Waals surface area (Å²) in [6, 6.07) is 6.24. The van der Waals surface area contributed by atoms with Crippen LogP contribution in [0.2, 0.25) is 0 Å². The van der Waals surface area contributed by atoms with Gasteiger partial charge in [0, 0.05) is 36.6 Å². The Bertz CT molecular complexity index is 1050. The summed E-state index contributed by atoms with van der Waals surface area (Å²) in [5.41, 5.74) is 2.58. The van der Waals surface area contributed by atoms with Gasteiger partial charge in [-0.3, -0.25) is 9.78 Å². The van der Waals surface area contributed by atoms with Crippen molar-refractivity contribution in [3.63, 3.8) is 0 Å². The number of hydrogen-bond acceptors (Lipinski definition) is 3. The molecule has 2 heterocycles. The van der Waals surface area contributed by atoms with Crippen molar-refractivity contribution >= 4 is 16.9 Å². The SMILES string of the molecule is Cc1ccc(C(=O)NCC2[C@H]3CC(n4cnc5cc(F)c(F)cc54)C[C@@H]23)cn1. The number of aromatic nitrogens is 3. The Labute approximate surface area is 160 Å². The predicted molar refractivity (Wildman–Crippen MR) is 99.7 cm³/mol. The van der Waals surface area contributed by atoms with Crippen LogP contribution in [0.3, 0.4) is 0 Å². The van der Waals surface area contributed by atoms with Gasteiger partial charge in [0.05, 0.1) is 22.9 Å². The molecule has 2 fully saturated rings. The first kappa shape index (κ1) is 17.3. The number of carbonyl (C=O) groups is 1. The van der Waals surface area contributed by atoms with E-state index in [0.717, 1.165) is 24.6 Å². The third kappa shape index (κ3) is 2.85. The zero-order valence-corrected chi connectivity index (χ0v) is 15.4. The standard InChI is InChI=1S/C21H20F2N4O/c1-11-2-3-12(8-24-11)21(28)25-9-16-14-4-13(5-15(14)16)27-10-26-19-6-17(22)18(23)7-20(19)27/h2-3,6-8,10,13-16H,4-5,9H2,1H3,(H,25,28)/t13?,14-,15+,16?. The summed E-state index contributed by atoms with van der Waals surface area (Å²) in [6.45, 7) is 2.55. The number of hydrogen-bond donors (Lipinski definition) is 1. The van der Waals surface area contributed by atoms with Crippen LogP contribution in [0.5, 0.6) is 0 Å². The fraction of sp³-hybridized carbons (Fsp3) is 0.381. The van der Waals surface area contributed by atoms with Gasteiger partial charge in [-0.2, -0.15) is 0 Å². The molecule has 4 atom stereocenters. The summed E-state index contributed by atoms with van der Waals surface area (Å²) in [6.07, 6.45) is 5.23. The van der Waals surface area contributed by atoms with Crippen molar-refractivity contribution in [2.24, 2.45) is 17.8 Å². The fourth-order valence-corrected chi connectivity index (χ4v) is 4.71. The van der Waals surface area contributed by atoms with Gasteiger partial charge in [0.25, 0.3) is 5.91 Å². The number of imidazole rings is 1. The average molecular weight is 382 g/mol. The molecule has 0 bridgehead atoms. The lowest BCUT2D eigenvalue weighted by molar-refractivity contribution is 0.0949. The van der Waals surface area contributed by atoms with Crippen molar-refractivity contribution in [3.05, 3.63) is 59.7 Å². The number of carbonyl (C=O) groups excluding carboxylic acids is 1. The Hall–Kier alpha value is -2.83. The van der Waals surface area contributed by atoms with Crippen molar-refractivity contribution in [1.29, 1.82) is 0 Å². The Morgan fingerprint density at radius 3 is 2.64 bits per heavy atom. The van der Waals surface area contributed by atoms with Crippen LogP contribution in [0, 0.1) is 36.3 Å². The highest BCUT2D eigenvalue weighted by Crippen LogP contribution is 2.60. The van der Waals surface area contributed by atoms with Gasteiger partial charge in [0.15, 0.2) is 11.6 Å². The van der Waals surface area contributed by atoms with Gasteiger partial charge in [0.2, 0.25) is 0 Å². The summed E-state index contributed by atoms with van der Waals surface area (Å²) in [7, 11) is 0. The summed E-state index contributed by atoms with van der Waals surface area (Å²) < 4.78 is 29.0. The van der Waals surface area contributed by atoms with E-state index in [2.05, 4.69) is 15.3 Å². The molecule has 2 aliphatic rings. The molecule has 2 saturated carbocycles. The van der Waals surface area contributed by atoms with Gasteiger partial charge in [0.1, 0.15) is 0 Å². The summed E-state index contributed by atoms with van der Waals surface area (Å²) in [5, 5.41) is 3.01. The van der Waals surface area contributed by atoms with Gasteiger partial charge in [-0.15, -0.1) is 0 Å². The number of benzene rings is 1. The van der Waals surface area contributed by atoms with Crippen LogP contribution in [0.1, 0.15) is 34.9 Å². The molecule has 144 valence electrons. The molecule has 0 aliphatic heterocycles. The number of aryl methyl sites for hydroxylation is 1. The second-order valence-corrected chi connectivity index (χ2v) is 7.92. The van der Waals surface area contributed by atoms with E-state index >= 15 is 0 Å². The van der Waals surface area contributed by atoms with E-state index in [1.54, 1.807) is 18.6 Å². The number of rotatable bonds is 4. The molecule has 5 rings (SSSR count). The molecule has 0 spiro atoms. The number of pyridine rings is 1. The molecular formula is C21H20F2N4O. The van der Waals surface area contributed by atoms with Crippen LogP contribution in [0.25, 0.3) is 11.0 Å². The normalized spacial score (nSPS) is 25.7. The Morgan fingerprint density at radius 1 is 1.18 bits per heavy atom. The smallest absolute Gasteiger partial charge is 0.252 e. The molecule has 2 unspecified atom stereocenters. The Morgan fingerprint density at radius 2 is 1.93 bits per heavy atom. The zero-order chi connectivity index (χ0) is 19.4. The van der Waals surface area contributed by atoms with Crippen molar-refractivity contribution in [1.82, 2.24) is 19.9 Å². The summed E-state index contributed by atoms with van der Waals surface area (Å²) in [4.78, 5) is 20.6. The first-order chi connectivity index (χ1) is 13.5. The topological polar surface area (TPSA) is 59.8 Å². The first-order valence-electron chi connectivity index (χ1n) is 9.53. The second kappa shape index (κ2) is 6.36. The summed E-state index contributed by atoms with van der Waals surface area (Å²) in [5.74, 6) is -0.196. The highest BCUT2D eigenvalue weighted by Gasteiger charge is 2.56. The van der Waals surface area contributed by atoms with Crippen LogP contribution >= 0.6 is 0 Å². The van der Waals surface area contributed by atoms with Crippen LogP contribution in [-0.4, -0.2) is 27.0 Å². The molecular weight excluding hydrogens is 362 g/mol. The van der Waals surface area contributed by atoms with Crippen molar-refractivity contribution in [3.8, 4) is 0 Å². The van der Waals surface area contributed by atoms with Crippen molar-refractivity contribution in [2.45, 2.75) is 25.8 Å². The number of nitrogens with one attached hydrogen (secondary N) is 1. The maximum Gasteiger partial charge on any atom is 0.252 e. The number of halogens is 2. The third-order valence-corrected chi connectivity index (χ3v) is 6.28. The molecule has 0 saturated heterocycles. The minimum Gasteiger partial charge on any atom is -0.352 e. The van der Waals surface area contributed by atoms with Gasteiger partial charge in [-0.05, 0) is 49.7 Å². The second-order valence-electron chi connectivity index (χ2n) is 7.92. The van der Waals surface area contributed by atoms with E-state index in [0.29, 0.717) is 40.9 Å². The highest BCUT2D eigenvalue weighted by molar-refractivity contribution is 5.93. The lowest BCUT2D eigenvalue weighted by Gasteiger charge is -2.17. The molecule has 1 N–H and O–H groups in total. The maximum absolute atomic E-state index is 13.6. The van der Waals surface area contributed by atoms with Crippen LogP contribution < -0.4 is 5.32 Å². The number of nitrogens with zero attached hydrogens (tertiary/aromatic N) is 3. The van der Waals surface area contributed by atoms with Gasteiger partial charge in [-0.1, -0.05) is 0 Å². The Balaban J connectivity index is 1.20. The van der Waals surface area contributed by atoms with Gasteiger partial charge < -0.3 is 9.88 Å². The molecule has 2 aliphatic carbocycles. The van der Waals surface area contributed by atoms with Crippen LogP contribution in [0.4, 0.5) is 8.78 Å². The lowest BCUT2D eigenvalue weighted by Crippen LogP contribution is -2.27. The minimum atomic E-state index is -0.869. The zero-order valence-electron chi connectivity index (χ0n) is 15.4. The van der Waals surface area contributed by atoms with Gasteiger partial charge in [-0.25, -0.2) is 13.8 Å². The van der Waals surface area contributed by atoms with Crippen molar-refractivity contribution < 1.29 is 13.6 Å². The maximum atomic E-state index is 13.6. The van der Waals surface area contributed by atoms with E-state index in [1.165, 1.54) is 6.07 Å². The minimum absolute atomic E-state index is 0.0906. The van der Waals surface area contributed by atoms with E-state index in [-0.39, 0.29) is 11.9 Å². The molecule has 7 heteroatoms. The fourth-order valence-electron chi connectivity index (χ4n) is 4.71. The van der Waals surface area contributed by atoms with Crippen LogP contribution in [0.15, 0.2) is 36.8 Å². The predicted octanol–water partition coefficient (Wildman–Crippen LogP) is 3.65. The molecule has 2 aromatic heterocycles. The van der Waals surface area contributed by atoms with Crippen LogP contribution in [-0.2, 0) is 0 Å². The molecule has 1 aromatic carbocycles. The average Bonchev–Trinajstić information content (AvgIpc) is 3.00. The van der Waals surface area contributed by atoms with E-state index in [9.17, 15) is 13.6 Å². The Kier molecular flexibility index (Phi) is 3.92. The number of amides is 1. The molecule has 1 amide bonds. The highest BCUT2D eigenvalue weighted by atomic mass is 19.2. The summed E-state index contributed by atoms with van der Waals surface area (Å²) >= 11 is 0. The molecule has 28 heavy (non-hydrogen) atoms. The first-order valence-corrected chi connectivity index (χ1v) is 9.53. The molecule has 0 radical (unpaired) electrons. The molecule has 5 nitrogen and oxygen atoms in total. The quantitative estimate of drug-likeness (QED) is 0.749. The lowest BCUT2D eigenvalue weighted by atomic mass is 10.1. The monoisotopic (exact) mass is 382 g/mol.